The van der Waals surface area contributed by atoms with Gasteiger partial charge in [-0.2, -0.15) is 0 Å². The molecule has 4 rings (SSSR count). The number of thioether (sulfide) groups is 1. The zero-order valence-electron chi connectivity index (χ0n) is 14.4. The number of rotatable bonds is 4. The van der Waals surface area contributed by atoms with E-state index in [0.29, 0.717) is 15.9 Å². The third kappa shape index (κ3) is 3.64. The smallest absolute Gasteiger partial charge is 0.262 e. The highest BCUT2D eigenvalue weighted by atomic mass is 35.5. The highest BCUT2D eigenvalue weighted by Gasteiger charge is 2.22. The highest BCUT2D eigenvalue weighted by Crippen LogP contribution is 2.32. The third-order valence-electron chi connectivity index (χ3n) is 4.86. The van der Waals surface area contributed by atoms with Crippen molar-refractivity contribution in [1.29, 1.82) is 0 Å². The van der Waals surface area contributed by atoms with Crippen LogP contribution in [0, 0.1) is 0 Å². The molecule has 3 aromatic rings. The van der Waals surface area contributed by atoms with Crippen molar-refractivity contribution in [2.24, 2.45) is 0 Å². The lowest BCUT2D eigenvalue weighted by atomic mass is 9.95. The van der Waals surface area contributed by atoms with Crippen LogP contribution in [0.3, 0.4) is 0 Å². The van der Waals surface area contributed by atoms with Gasteiger partial charge < -0.3 is 0 Å². The van der Waals surface area contributed by atoms with Crippen LogP contribution < -0.4 is 5.56 Å². The van der Waals surface area contributed by atoms with Gasteiger partial charge in [0.25, 0.3) is 5.56 Å². The second-order valence-corrected chi connectivity index (χ2v) is 8.05. The molecule has 6 heteroatoms. The highest BCUT2D eigenvalue weighted by molar-refractivity contribution is 7.98. The summed E-state index contributed by atoms with van der Waals surface area (Å²) in [6, 6.07) is 9.54. The summed E-state index contributed by atoms with van der Waals surface area (Å²) >= 11 is 7.72. The molecule has 0 spiro atoms. The first-order valence-corrected chi connectivity index (χ1v) is 10.3. The number of hydrogen-bond acceptors (Lipinski definition) is 4. The molecule has 4 nitrogen and oxygen atoms in total. The van der Waals surface area contributed by atoms with Gasteiger partial charge in [0.15, 0.2) is 5.16 Å². The van der Waals surface area contributed by atoms with Crippen LogP contribution in [0.5, 0.6) is 0 Å². The van der Waals surface area contributed by atoms with Crippen LogP contribution in [0.1, 0.15) is 43.7 Å². The lowest BCUT2D eigenvalue weighted by Gasteiger charge is -2.26. The van der Waals surface area contributed by atoms with E-state index in [9.17, 15) is 4.79 Å². The number of pyridine rings is 1. The minimum atomic E-state index is 0.0484. The van der Waals surface area contributed by atoms with Crippen LogP contribution in [0.25, 0.3) is 10.9 Å². The van der Waals surface area contributed by atoms with E-state index in [1.54, 1.807) is 36.2 Å². The van der Waals surface area contributed by atoms with E-state index in [1.165, 1.54) is 19.3 Å². The molecular weight excluding hydrogens is 366 g/mol. The Labute approximate surface area is 161 Å². The van der Waals surface area contributed by atoms with Gasteiger partial charge in [0.2, 0.25) is 0 Å². The molecule has 0 bridgehead atoms. The first-order valence-electron chi connectivity index (χ1n) is 8.96. The van der Waals surface area contributed by atoms with Crippen molar-refractivity contribution >= 4 is 34.3 Å². The van der Waals surface area contributed by atoms with E-state index in [0.717, 1.165) is 29.3 Å². The fourth-order valence-electron chi connectivity index (χ4n) is 3.55. The summed E-state index contributed by atoms with van der Waals surface area (Å²) in [4.78, 5) is 22.2. The van der Waals surface area contributed by atoms with Gasteiger partial charge in [-0.1, -0.05) is 48.7 Å². The van der Waals surface area contributed by atoms with Gasteiger partial charge in [0.05, 0.1) is 10.9 Å². The Morgan fingerprint density at radius 1 is 1.19 bits per heavy atom. The average molecular weight is 386 g/mol. The summed E-state index contributed by atoms with van der Waals surface area (Å²) in [5.41, 5.74) is 1.84. The SMILES string of the molecule is O=c1c2ccc(Cl)cc2nc(SCc2cccnc2)n1C1CCCCC1. The van der Waals surface area contributed by atoms with Crippen LogP contribution in [0.15, 0.2) is 52.7 Å². The zero-order chi connectivity index (χ0) is 17.9. The Morgan fingerprint density at radius 3 is 2.81 bits per heavy atom. The third-order valence-corrected chi connectivity index (χ3v) is 6.12. The van der Waals surface area contributed by atoms with Crippen LogP contribution in [0.4, 0.5) is 0 Å². The van der Waals surface area contributed by atoms with Gasteiger partial charge in [-0.15, -0.1) is 0 Å². The molecule has 0 unspecified atom stereocenters. The van der Waals surface area contributed by atoms with Gasteiger partial charge in [-0.3, -0.25) is 14.3 Å². The summed E-state index contributed by atoms with van der Waals surface area (Å²) in [5, 5.41) is 2.02. The van der Waals surface area contributed by atoms with Crippen molar-refractivity contribution in [2.75, 3.05) is 0 Å². The van der Waals surface area contributed by atoms with E-state index < -0.39 is 0 Å². The van der Waals surface area contributed by atoms with Gasteiger partial charge in [0.1, 0.15) is 0 Å². The normalized spacial score (nSPS) is 15.4. The Kier molecular flexibility index (Phi) is 5.27. The molecule has 1 fully saturated rings. The monoisotopic (exact) mass is 385 g/mol. The minimum absolute atomic E-state index is 0.0484. The minimum Gasteiger partial charge on any atom is -0.284 e. The van der Waals surface area contributed by atoms with Gasteiger partial charge >= 0.3 is 0 Å². The Balaban J connectivity index is 1.78. The summed E-state index contributed by atoms with van der Waals surface area (Å²) in [6.07, 6.45) is 9.30. The fraction of sp³-hybridized carbons (Fsp3) is 0.350. The van der Waals surface area contributed by atoms with Crippen molar-refractivity contribution in [3.8, 4) is 0 Å². The van der Waals surface area contributed by atoms with E-state index in [-0.39, 0.29) is 11.6 Å². The van der Waals surface area contributed by atoms with Gasteiger partial charge in [-0.05, 0) is 42.7 Å². The molecule has 1 aromatic carbocycles. The van der Waals surface area contributed by atoms with Crippen molar-refractivity contribution in [3.63, 3.8) is 0 Å². The van der Waals surface area contributed by atoms with Gasteiger partial charge in [-0.25, -0.2) is 4.98 Å². The Bertz CT molecular complexity index is 968. The molecule has 0 radical (unpaired) electrons. The molecule has 0 amide bonds. The van der Waals surface area contributed by atoms with Crippen molar-refractivity contribution in [1.82, 2.24) is 14.5 Å². The van der Waals surface area contributed by atoms with Crippen molar-refractivity contribution < 1.29 is 0 Å². The van der Waals surface area contributed by atoms with E-state index >= 15 is 0 Å². The second-order valence-electron chi connectivity index (χ2n) is 6.67. The topological polar surface area (TPSA) is 47.8 Å². The standard InChI is InChI=1S/C20H20ClN3OS/c21-15-8-9-17-18(11-15)23-20(26-13-14-5-4-10-22-12-14)24(19(17)25)16-6-2-1-3-7-16/h4-5,8-12,16H,1-3,6-7,13H2. The predicted molar refractivity (Wildman–Crippen MR) is 107 cm³/mol. The number of aromatic nitrogens is 3. The number of hydrogen-bond donors (Lipinski definition) is 0. The molecule has 0 atom stereocenters. The van der Waals surface area contributed by atoms with E-state index in [4.69, 9.17) is 16.6 Å². The molecular formula is C20H20ClN3OS. The molecule has 2 heterocycles. The quantitative estimate of drug-likeness (QED) is 0.455. The lowest BCUT2D eigenvalue weighted by molar-refractivity contribution is 0.326. The summed E-state index contributed by atoms with van der Waals surface area (Å²) in [6.45, 7) is 0. The molecule has 1 aliphatic carbocycles. The van der Waals surface area contributed by atoms with Crippen LogP contribution >= 0.6 is 23.4 Å². The van der Waals surface area contributed by atoms with Crippen LogP contribution in [-0.4, -0.2) is 14.5 Å². The van der Waals surface area contributed by atoms with Crippen LogP contribution in [0.2, 0.25) is 5.02 Å². The molecule has 1 saturated carbocycles. The summed E-state index contributed by atoms with van der Waals surface area (Å²) < 4.78 is 1.93. The molecule has 2 aromatic heterocycles. The van der Waals surface area contributed by atoms with Crippen molar-refractivity contribution in [2.45, 2.75) is 49.1 Å². The Morgan fingerprint density at radius 2 is 2.04 bits per heavy atom. The maximum atomic E-state index is 13.2. The zero-order valence-corrected chi connectivity index (χ0v) is 16.0. The van der Waals surface area contributed by atoms with E-state index in [2.05, 4.69) is 4.98 Å². The number of fused-ring (bicyclic) bond motifs is 1. The largest absolute Gasteiger partial charge is 0.284 e. The van der Waals surface area contributed by atoms with E-state index in [1.807, 2.05) is 22.9 Å². The molecule has 0 N–H and O–H groups in total. The first kappa shape index (κ1) is 17.6. The van der Waals surface area contributed by atoms with Crippen LogP contribution in [-0.2, 0) is 5.75 Å². The number of nitrogens with zero attached hydrogens (tertiary/aromatic N) is 3. The Hall–Kier alpha value is -1.85. The predicted octanol–water partition coefficient (Wildman–Crippen LogP) is 5.24. The number of halogens is 1. The maximum Gasteiger partial charge on any atom is 0.262 e. The van der Waals surface area contributed by atoms with Crippen molar-refractivity contribution in [3.05, 3.63) is 63.7 Å². The molecule has 134 valence electrons. The molecule has 26 heavy (non-hydrogen) atoms. The summed E-state index contributed by atoms with van der Waals surface area (Å²) in [5.74, 6) is 0.735. The fourth-order valence-corrected chi connectivity index (χ4v) is 4.71. The average Bonchev–Trinajstić information content (AvgIpc) is 2.67. The maximum absolute atomic E-state index is 13.2. The molecule has 0 aliphatic heterocycles. The van der Waals surface area contributed by atoms with Gasteiger partial charge in [0, 0.05) is 29.2 Å². The lowest BCUT2D eigenvalue weighted by Crippen LogP contribution is -2.29. The number of benzene rings is 1. The first-order chi connectivity index (χ1) is 12.7. The second kappa shape index (κ2) is 7.80. The summed E-state index contributed by atoms with van der Waals surface area (Å²) in [7, 11) is 0. The molecule has 1 aliphatic rings. The molecule has 0 saturated heterocycles.